The topological polar surface area (TPSA) is 34.3 Å². The summed E-state index contributed by atoms with van der Waals surface area (Å²) in [5, 5.41) is 0. The monoisotopic (exact) mass is 146 g/mol. The normalized spacial score (nSPS) is 8.73. The Hall–Kier alpha value is -1.69. The zero-order valence-electron chi connectivity index (χ0n) is 6.03. The molecule has 0 spiro atoms. The molecule has 0 aliphatic heterocycles. The smallest absolute Gasteiger partial charge is 0.270 e. The standard InChI is InChI=1S/C8H6N2O/c1-6(11)7-4-3-5-8(9-2)10-7/h3-5H,1H3. The van der Waals surface area contributed by atoms with Gasteiger partial charge in [-0.2, -0.15) is 0 Å². The number of rotatable bonds is 1. The van der Waals surface area contributed by atoms with Crippen molar-refractivity contribution in [1.29, 1.82) is 0 Å². The van der Waals surface area contributed by atoms with E-state index in [-0.39, 0.29) is 11.6 Å². The number of carbonyl (C=O) groups is 1. The van der Waals surface area contributed by atoms with E-state index in [2.05, 4.69) is 9.83 Å². The molecule has 0 fully saturated rings. The van der Waals surface area contributed by atoms with Crippen molar-refractivity contribution in [1.82, 2.24) is 4.98 Å². The highest BCUT2D eigenvalue weighted by molar-refractivity contribution is 5.92. The maximum atomic E-state index is 10.7. The van der Waals surface area contributed by atoms with E-state index in [9.17, 15) is 4.79 Å². The van der Waals surface area contributed by atoms with E-state index in [1.807, 2.05) is 0 Å². The Morgan fingerprint density at radius 2 is 2.36 bits per heavy atom. The van der Waals surface area contributed by atoms with Crippen molar-refractivity contribution in [2.45, 2.75) is 6.92 Å². The number of aromatic nitrogens is 1. The maximum Gasteiger partial charge on any atom is 0.270 e. The predicted molar refractivity (Wildman–Crippen MR) is 40.5 cm³/mol. The first-order valence-corrected chi connectivity index (χ1v) is 3.09. The first kappa shape index (κ1) is 7.42. The second-order valence-electron chi connectivity index (χ2n) is 2.05. The number of pyridine rings is 1. The van der Waals surface area contributed by atoms with Crippen molar-refractivity contribution in [3.05, 3.63) is 35.3 Å². The summed E-state index contributed by atoms with van der Waals surface area (Å²) in [7, 11) is 0. The second kappa shape index (κ2) is 2.93. The Morgan fingerprint density at radius 3 is 2.91 bits per heavy atom. The van der Waals surface area contributed by atoms with Crippen LogP contribution in [0.1, 0.15) is 17.4 Å². The van der Waals surface area contributed by atoms with Crippen LogP contribution in [0, 0.1) is 6.57 Å². The quantitative estimate of drug-likeness (QED) is 0.447. The largest absolute Gasteiger partial charge is 0.361 e. The van der Waals surface area contributed by atoms with Crippen LogP contribution in [0.4, 0.5) is 5.82 Å². The highest BCUT2D eigenvalue weighted by atomic mass is 16.1. The van der Waals surface area contributed by atoms with Gasteiger partial charge < -0.3 is 4.85 Å². The summed E-state index contributed by atoms with van der Waals surface area (Å²) < 4.78 is 0. The van der Waals surface area contributed by atoms with Crippen LogP contribution in [0.25, 0.3) is 4.85 Å². The molecule has 0 aromatic carbocycles. The van der Waals surface area contributed by atoms with Gasteiger partial charge in [0.15, 0.2) is 5.69 Å². The minimum absolute atomic E-state index is 0.115. The molecule has 11 heavy (non-hydrogen) atoms. The van der Waals surface area contributed by atoms with Crippen molar-refractivity contribution in [3.8, 4) is 0 Å². The van der Waals surface area contributed by atoms with Gasteiger partial charge in [0.1, 0.15) is 0 Å². The molecule has 54 valence electrons. The van der Waals surface area contributed by atoms with Gasteiger partial charge in [-0.25, -0.2) is 0 Å². The molecule has 0 aliphatic rings. The van der Waals surface area contributed by atoms with E-state index in [0.717, 1.165) is 0 Å². The van der Waals surface area contributed by atoms with Crippen LogP contribution in [-0.4, -0.2) is 10.8 Å². The first-order valence-electron chi connectivity index (χ1n) is 3.09. The summed E-state index contributed by atoms with van der Waals surface area (Å²) >= 11 is 0. The molecule has 0 amide bonds. The number of Topliss-reactive ketones (excluding diaryl/α,β-unsaturated/α-hetero) is 1. The van der Waals surface area contributed by atoms with Gasteiger partial charge in [0.25, 0.3) is 5.82 Å². The third-order valence-electron chi connectivity index (χ3n) is 1.21. The Bertz CT molecular complexity index is 325. The van der Waals surface area contributed by atoms with Crippen LogP contribution in [0.15, 0.2) is 18.2 Å². The van der Waals surface area contributed by atoms with E-state index in [1.54, 1.807) is 18.2 Å². The van der Waals surface area contributed by atoms with Crippen LogP contribution in [0.5, 0.6) is 0 Å². The van der Waals surface area contributed by atoms with E-state index >= 15 is 0 Å². The third kappa shape index (κ3) is 1.62. The summed E-state index contributed by atoms with van der Waals surface area (Å²) in [6.45, 7) is 8.06. The van der Waals surface area contributed by atoms with Gasteiger partial charge in [0.2, 0.25) is 5.78 Å². The van der Waals surface area contributed by atoms with Gasteiger partial charge >= 0.3 is 0 Å². The molecule has 3 nitrogen and oxygen atoms in total. The predicted octanol–water partition coefficient (Wildman–Crippen LogP) is 1.83. The molecular weight excluding hydrogens is 140 g/mol. The lowest BCUT2D eigenvalue weighted by molar-refractivity contribution is 0.101. The fourth-order valence-electron chi connectivity index (χ4n) is 0.682. The average Bonchev–Trinajstić information content (AvgIpc) is 2.05. The lowest BCUT2D eigenvalue weighted by Gasteiger charge is -1.89. The molecule has 3 heteroatoms. The Morgan fingerprint density at radius 1 is 1.64 bits per heavy atom. The molecule has 0 saturated carbocycles. The molecule has 1 aromatic heterocycles. The number of carbonyl (C=O) groups excluding carboxylic acids is 1. The van der Waals surface area contributed by atoms with Gasteiger partial charge in [-0.15, -0.1) is 4.98 Å². The van der Waals surface area contributed by atoms with Crippen molar-refractivity contribution in [2.24, 2.45) is 0 Å². The average molecular weight is 146 g/mol. The summed E-state index contributed by atoms with van der Waals surface area (Å²) in [4.78, 5) is 17.6. The Balaban J connectivity index is 3.13. The van der Waals surface area contributed by atoms with Crippen LogP contribution < -0.4 is 0 Å². The first-order chi connectivity index (χ1) is 5.24. The third-order valence-corrected chi connectivity index (χ3v) is 1.21. The summed E-state index contributed by atoms with van der Waals surface area (Å²) in [6.07, 6.45) is 0. The molecule has 0 atom stereocenters. The molecule has 0 unspecified atom stereocenters. The molecule has 0 bridgehead atoms. The number of hydrogen-bond acceptors (Lipinski definition) is 2. The van der Waals surface area contributed by atoms with Gasteiger partial charge in [-0.1, -0.05) is 12.6 Å². The van der Waals surface area contributed by atoms with Crippen molar-refractivity contribution < 1.29 is 4.79 Å². The van der Waals surface area contributed by atoms with Crippen LogP contribution >= 0.6 is 0 Å². The Labute approximate surface area is 64.5 Å². The van der Waals surface area contributed by atoms with Gasteiger partial charge in [0.05, 0.1) is 0 Å². The highest BCUT2D eigenvalue weighted by Gasteiger charge is 2.04. The number of nitrogens with zero attached hydrogens (tertiary/aromatic N) is 2. The minimum Gasteiger partial charge on any atom is -0.361 e. The van der Waals surface area contributed by atoms with Gasteiger partial charge in [-0.05, 0) is 12.1 Å². The van der Waals surface area contributed by atoms with Crippen molar-refractivity contribution in [3.63, 3.8) is 0 Å². The summed E-state index contributed by atoms with van der Waals surface area (Å²) in [5.74, 6) is 0.146. The van der Waals surface area contributed by atoms with Gasteiger partial charge in [-0.3, -0.25) is 4.79 Å². The van der Waals surface area contributed by atoms with Crippen molar-refractivity contribution in [2.75, 3.05) is 0 Å². The maximum absolute atomic E-state index is 10.7. The highest BCUT2D eigenvalue weighted by Crippen LogP contribution is 2.07. The SMILES string of the molecule is [C-]#[N+]c1cccc(C(C)=O)n1. The van der Waals surface area contributed by atoms with Gasteiger partial charge in [0, 0.05) is 6.92 Å². The second-order valence-corrected chi connectivity index (χ2v) is 2.05. The van der Waals surface area contributed by atoms with Crippen molar-refractivity contribution >= 4 is 11.6 Å². The fourth-order valence-corrected chi connectivity index (χ4v) is 0.682. The lowest BCUT2D eigenvalue weighted by atomic mass is 10.3. The molecule has 1 rings (SSSR count). The van der Waals surface area contributed by atoms with E-state index in [0.29, 0.717) is 5.69 Å². The molecular formula is C8H6N2O. The molecule has 0 saturated heterocycles. The summed E-state index contributed by atoms with van der Waals surface area (Å²) in [5.41, 5.74) is 0.346. The zero-order valence-corrected chi connectivity index (χ0v) is 6.03. The van der Waals surface area contributed by atoms with E-state index < -0.39 is 0 Å². The molecule has 1 heterocycles. The van der Waals surface area contributed by atoms with E-state index in [4.69, 9.17) is 6.57 Å². The van der Waals surface area contributed by atoms with E-state index in [1.165, 1.54) is 6.92 Å². The van der Waals surface area contributed by atoms with Crippen LogP contribution in [-0.2, 0) is 0 Å². The lowest BCUT2D eigenvalue weighted by Crippen LogP contribution is -1.94. The molecule has 1 aromatic rings. The number of ketones is 1. The number of hydrogen-bond donors (Lipinski definition) is 0. The fraction of sp³-hybridized carbons (Fsp3) is 0.125. The summed E-state index contributed by atoms with van der Waals surface area (Å²) in [6, 6.07) is 4.81. The zero-order chi connectivity index (χ0) is 8.27. The van der Waals surface area contributed by atoms with Crippen LogP contribution in [0.3, 0.4) is 0 Å². The van der Waals surface area contributed by atoms with Crippen LogP contribution in [0.2, 0.25) is 0 Å². The molecule has 0 N–H and O–H groups in total. The Kier molecular flexibility index (Phi) is 1.98. The molecule has 0 aliphatic carbocycles. The molecule has 0 radical (unpaired) electrons. The minimum atomic E-state index is -0.115.